The van der Waals surface area contributed by atoms with Crippen molar-refractivity contribution in [1.29, 1.82) is 0 Å². The van der Waals surface area contributed by atoms with Crippen LogP contribution in [0, 0.1) is 0 Å². The molecule has 4 N–H and O–H groups in total. The Morgan fingerprint density at radius 1 is 0.667 bits per heavy atom. The first-order valence-corrected chi connectivity index (χ1v) is 8.98. The van der Waals surface area contributed by atoms with E-state index in [2.05, 4.69) is 6.92 Å². The summed E-state index contributed by atoms with van der Waals surface area (Å²) in [5.74, 6) is 0. The summed E-state index contributed by atoms with van der Waals surface area (Å²) in [6.45, 7) is 3.78. The first-order valence-electron chi connectivity index (χ1n) is 8.98. The third-order valence-corrected chi connectivity index (χ3v) is 3.42. The van der Waals surface area contributed by atoms with Gasteiger partial charge in [0, 0.05) is 13.2 Å². The van der Waals surface area contributed by atoms with Crippen molar-refractivity contribution in [3.8, 4) is 0 Å². The monoisotopic (exact) mass is 352 g/mol. The molecule has 0 aliphatic heterocycles. The Balaban J connectivity index is 3.33. The number of aliphatic hydroxyl groups is 4. The van der Waals surface area contributed by atoms with Gasteiger partial charge >= 0.3 is 0 Å². The molecule has 0 bridgehead atoms. The Hall–Kier alpha value is -0.280. The van der Waals surface area contributed by atoms with Crippen LogP contribution in [0.3, 0.4) is 0 Å². The molecule has 7 nitrogen and oxygen atoms in total. The molecule has 0 aliphatic carbocycles. The lowest BCUT2D eigenvalue weighted by Gasteiger charge is -2.14. The van der Waals surface area contributed by atoms with Gasteiger partial charge in [-0.15, -0.1) is 0 Å². The molecular weight excluding hydrogens is 316 g/mol. The second-order valence-electron chi connectivity index (χ2n) is 6.03. The van der Waals surface area contributed by atoms with Gasteiger partial charge in [0.15, 0.2) is 0 Å². The standard InChI is InChI=1S/C17H36O7/c1-2-3-8-22-13-17(21)14-24-11-15(19)7-5-4-6-9-23-12-16(20)10-18/h15-21H,2-14H2,1H3. The molecule has 0 fully saturated rings. The maximum Gasteiger partial charge on any atom is 0.101 e. The third-order valence-electron chi connectivity index (χ3n) is 3.42. The van der Waals surface area contributed by atoms with Gasteiger partial charge in [-0.2, -0.15) is 0 Å². The van der Waals surface area contributed by atoms with Gasteiger partial charge in [-0.25, -0.2) is 0 Å². The van der Waals surface area contributed by atoms with Gasteiger partial charge in [0.25, 0.3) is 0 Å². The second kappa shape index (κ2) is 17.5. The summed E-state index contributed by atoms with van der Waals surface area (Å²) in [5.41, 5.74) is 0. The van der Waals surface area contributed by atoms with Crippen LogP contribution in [0.2, 0.25) is 0 Å². The Kier molecular flexibility index (Phi) is 17.3. The second-order valence-corrected chi connectivity index (χ2v) is 6.03. The Morgan fingerprint density at radius 2 is 1.25 bits per heavy atom. The lowest BCUT2D eigenvalue weighted by atomic mass is 10.1. The lowest BCUT2D eigenvalue weighted by molar-refractivity contribution is -0.0410. The molecular formula is C17H36O7. The van der Waals surface area contributed by atoms with Crippen LogP contribution in [-0.4, -0.2) is 85.0 Å². The van der Waals surface area contributed by atoms with Gasteiger partial charge in [0.1, 0.15) is 12.2 Å². The summed E-state index contributed by atoms with van der Waals surface area (Å²) in [6.07, 6.45) is 3.32. The molecule has 0 heterocycles. The molecule has 0 spiro atoms. The van der Waals surface area contributed by atoms with Crippen molar-refractivity contribution in [2.24, 2.45) is 0 Å². The summed E-state index contributed by atoms with van der Waals surface area (Å²) in [6, 6.07) is 0. The van der Waals surface area contributed by atoms with Crippen molar-refractivity contribution in [2.75, 3.05) is 46.2 Å². The van der Waals surface area contributed by atoms with E-state index in [1.807, 2.05) is 0 Å². The van der Waals surface area contributed by atoms with Gasteiger partial charge in [-0.1, -0.05) is 26.2 Å². The smallest absolute Gasteiger partial charge is 0.101 e. The average Bonchev–Trinajstić information content (AvgIpc) is 2.57. The maximum absolute atomic E-state index is 9.79. The van der Waals surface area contributed by atoms with Gasteiger partial charge in [-0.3, -0.25) is 0 Å². The van der Waals surface area contributed by atoms with E-state index < -0.39 is 18.3 Å². The van der Waals surface area contributed by atoms with Crippen LogP contribution in [0.1, 0.15) is 45.4 Å². The minimum absolute atomic E-state index is 0.150. The van der Waals surface area contributed by atoms with Crippen LogP contribution in [0.15, 0.2) is 0 Å². The van der Waals surface area contributed by atoms with Crippen LogP contribution in [0.25, 0.3) is 0 Å². The molecule has 0 amide bonds. The molecule has 0 aromatic rings. The van der Waals surface area contributed by atoms with E-state index in [-0.39, 0.29) is 33.0 Å². The summed E-state index contributed by atoms with van der Waals surface area (Å²) in [5, 5.41) is 37.1. The fourth-order valence-corrected chi connectivity index (χ4v) is 1.97. The van der Waals surface area contributed by atoms with E-state index in [1.165, 1.54) is 0 Å². The average molecular weight is 352 g/mol. The molecule has 0 saturated carbocycles. The largest absolute Gasteiger partial charge is 0.394 e. The molecule has 0 aromatic heterocycles. The van der Waals surface area contributed by atoms with Crippen LogP contribution < -0.4 is 0 Å². The van der Waals surface area contributed by atoms with E-state index in [0.717, 1.165) is 32.1 Å². The van der Waals surface area contributed by atoms with E-state index in [0.29, 0.717) is 19.6 Å². The summed E-state index contributed by atoms with van der Waals surface area (Å²) in [4.78, 5) is 0. The Bertz CT molecular complexity index is 253. The van der Waals surface area contributed by atoms with E-state index in [9.17, 15) is 10.2 Å². The summed E-state index contributed by atoms with van der Waals surface area (Å²) >= 11 is 0. The van der Waals surface area contributed by atoms with Crippen LogP contribution in [-0.2, 0) is 14.2 Å². The Morgan fingerprint density at radius 3 is 1.92 bits per heavy atom. The van der Waals surface area contributed by atoms with Crippen molar-refractivity contribution >= 4 is 0 Å². The van der Waals surface area contributed by atoms with E-state index in [1.54, 1.807) is 0 Å². The molecule has 0 aliphatic rings. The van der Waals surface area contributed by atoms with Crippen LogP contribution >= 0.6 is 0 Å². The van der Waals surface area contributed by atoms with Crippen molar-refractivity contribution in [1.82, 2.24) is 0 Å². The fraction of sp³-hybridized carbons (Fsp3) is 1.00. The number of unbranched alkanes of at least 4 members (excludes halogenated alkanes) is 3. The Labute approximate surface area is 145 Å². The highest BCUT2D eigenvalue weighted by Gasteiger charge is 2.08. The zero-order valence-corrected chi connectivity index (χ0v) is 14.9. The number of ether oxygens (including phenoxy) is 3. The number of hydrogen-bond donors (Lipinski definition) is 4. The molecule has 7 heteroatoms. The van der Waals surface area contributed by atoms with Crippen LogP contribution in [0.5, 0.6) is 0 Å². The SMILES string of the molecule is CCCCOCC(O)COCC(O)CCCCCOCC(O)CO. The first kappa shape index (κ1) is 23.7. The molecule has 0 saturated heterocycles. The summed E-state index contributed by atoms with van der Waals surface area (Å²) in [7, 11) is 0. The topological polar surface area (TPSA) is 109 Å². The van der Waals surface area contributed by atoms with Gasteiger partial charge in [0.05, 0.1) is 39.1 Å². The zero-order chi connectivity index (χ0) is 18.0. The lowest BCUT2D eigenvalue weighted by Crippen LogP contribution is -2.25. The molecule has 146 valence electrons. The van der Waals surface area contributed by atoms with Crippen molar-refractivity contribution in [2.45, 2.75) is 63.8 Å². The zero-order valence-electron chi connectivity index (χ0n) is 14.9. The highest BCUT2D eigenvalue weighted by Crippen LogP contribution is 2.05. The molecule has 0 radical (unpaired) electrons. The van der Waals surface area contributed by atoms with Gasteiger partial charge in [0.2, 0.25) is 0 Å². The molecule has 0 rings (SSSR count). The number of hydrogen-bond acceptors (Lipinski definition) is 7. The van der Waals surface area contributed by atoms with E-state index in [4.69, 9.17) is 24.4 Å². The van der Waals surface area contributed by atoms with Crippen molar-refractivity contribution in [3.63, 3.8) is 0 Å². The van der Waals surface area contributed by atoms with E-state index >= 15 is 0 Å². The minimum atomic E-state index is -0.809. The summed E-state index contributed by atoms with van der Waals surface area (Å²) < 4.78 is 15.8. The third kappa shape index (κ3) is 16.6. The number of aliphatic hydroxyl groups excluding tert-OH is 4. The highest BCUT2D eigenvalue weighted by molar-refractivity contribution is 4.57. The van der Waals surface area contributed by atoms with Crippen molar-refractivity contribution < 1.29 is 34.6 Å². The molecule has 3 atom stereocenters. The van der Waals surface area contributed by atoms with Gasteiger partial charge in [-0.05, 0) is 19.3 Å². The highest BCUT2D eigenvalue weighted by atomic mass is 16.5. The number of rotatable bonds is 18. The molecule has 0 aromatic carbocycles. The predicted molar refractivity (Wildman–Crippen MR) is 90.9 cm³/mol. The van der Waals surface area contributed by atoms with Crippen molar-refractivity contribution in [3.05, 3.63) is 0 Å². The quantitative estimate of drug-likeness (QED) is 0.266. The molecule has 3 unspecified atom stereocenters. The van der Waals surface area contributed by atoms with Crippen LogP contribution in [0.4, 0.5) is 0 Å². The minimum Gasteiger partial charge on any atom is -0.394 e. The van der Waals surface area contributed by atoms with Gasteiger partial charge < -0.3 is 34.6 Å². The predicted octanol–water partition coefficient (Wildman–Crippen LogP) is 0.472. The fourth-order valence-electron chi connectivity index (χ4n) is 1.97. The maximum atomic E-state index is 9.79. The normalized spacial score (nSPS) is 15.4. The first-order chi connectivity index (χ1) is 11.6. The molecule has 24 heavy (non-hydrogen) atoms.